The molecule has 1 aliphatic heterocycles. The Bertz CT molecular complexity index is 799. The summed E-state index contributed by atoms with van der Waals surface area (Å²) < 4.78 is 43.0. The van der Waals surface area contributed by atoms with Crippen LogP contribution in [-0.2, 0) is 25.7 Å². The van der Waals surface area contributed by atoms with Crippen molar-refractivity contribution in [2.45, 2.75) is 25.7 Å². The molecule has 2 heterocycles. The maximum atomic E-state index is 12.7. The minimum absolute atomic E-state index is 0.128. The largest absolute Gasteiger partial charge is 0.503 e. The van der Waals surface area contributed by atoms with Gasteiger partial charge < -0.3 is 9.84 Å². The number of aromatic hydroxyl groups is 1. The van der Waals surface area contributed by atoms with Crippen LogP contribution in [0, 0.1) is 0 Å². The predicted octanol–water partition coefficient (Wildman–Crippen LogP) is 3.42. The molecule has 1 N–H and O–H groups in total. The first kappa shape index (κ1) is 17.8. The van der Waals surface area contributed by atoms with Crippen molar-refractivity contribution in [3.63, 3.8) is 0 Å². The Kier molecular flexibility index (Phi) is 4.75. The Hall–Kier alpha value is -2.06. The number of benzene rings is 1. The van der Waals surface area contributed by atoms with Crippen molar-refractivity contribution in [3.8, 4) is 11.5 Å². The average molecular weight is 374 g/mol. The van der Waals surface area contributed by atoms with Crippen molar-refractivity contribution in [1.82, 2.24) is 14.9 Å². The molecule has 1 aliphatic rings. The number of ether oxygens (including phenoxy) is 1. The molecule has 25 heavy (non-hydrogen) atoms. The second-order valence-electron chi connectivity index (χ2n) is 5.71. The summed E-state index contributed by atoms with van der Waals surface area (Å²) in [6.07, 6.45) is -2.93. The van der Waals surface area contributed by atoms with E-state index in [1.54, 1.807) is 12.1 Å². The first-order valence-corrected chi connectivity index (χ1v) is 7.86. The summed E-state index contributed by atoms with van der Waals surface area (Å²) in [4.78, 5) is 9.05. The van der Waals surface area contributed by atoms with Gasteiger partial charge in [-0.3, -0.25) is 4.90 Å². The van der Waals surface area contributed by atoms with Crippen molar-refractivity contribution < 1.29 is 23.0 Å². The Morgan fingerprint density at radius 2 is 2.12 bits per heavy atom. The zero-order chi connectivity index (χ0) is 18.2. The fourth-order valence-electron chi connectivity index (χ4n) is 2.76. The van der Waals surface area contributed by atoms with E-state index in [0.717, 1.165) is 0 Å². The molecule has 1 aromatic heterocycles. The number of methoxy groups -OCH3 is 1. The van der Waals surface area contributed by atoms with Gasteiger partial charge >= 0.3 is 6.18 Å². The van der Waals surface area contributed by atoms with Crippen LogP contribution in [0.2, 0.25) is 5.02 Å². The van der Waals surface area contributed by atoms with Gasteiger partial charge in [0, 0.05) is 37.8 Å². The van der Waals surface area contributed by atoms with Crippen LogP contribution in [-0.4, -0.2) is 33.6 Å². The Morgan fingerprint density at radius 1 is 1.36 bits per heavy atom. The number of phenols is 1. The van der Waals surface area contributed by atoms with Crippen LogP contribution >= 0.6 is 11.6 Å². The number of hydrogen-bond acceptors (Lipinski definition) is 5. The molecule has 0 saturated carbocycles. The number of alkyl halides is 3. The molecule has 0 radical (unpaired) electrons. The summed E-state index contributed by atoms with van der Waals surface area (Å²) >= 11 is 6.16. The van der Waals surface area contributed by atoms with Gasteiger partial charge in [0.05, 0.1) is 17.8 Å². The lowest BCUT2D eigenvalue weighted by Gasteiger charge is -2.28. The van der Waals surface area contributed by atoms with E-state index in [2.05, 4.69) is 9.97 Å². The van der Waals surface area contributed by atoms with Gasteiger partial charge in [0.25, 0.3) is 0 Å². The highest BCUT2D eigenvalue weighted by atomic mass is 35.5. The van der Waals surface area contributed by atoms with Gasteiger partial charge in [-0.2, -0.15) is 13.2 Å². The molecule has 0 atom stereocenters. The van der Waals surface area contributed by atoms with Crippen molar-refractivity contribution in [1.29, 1.82) is 0 Å². The third-order valence-electron chi connectivity index (χ3n) is 4.04. The molecule has 9 heteroatoms. The minimum Gasteiger partial charge on any atom is -0.503 e. The number of nitrogens with zero attached hydrogens (tertiary/aromatic N) is 3. The lowest BCUT2D eigenvalue weighted by molar-refractivity contribution is -0.145. The summed E-state index contributed by atoms with van der Waals surface area (Å²) in [5.41, 5.74) is 1.78. The lowest BCUT2D eigenvalue weighted by Crippen LogP contribution is -2.31. The monoisotopic (exact) mass is 373 g/mol. The molecule has 1 aromatic carbocycles. The molecule has 0 amide bonds. The van der Waals surface area contributed by atoms with Gasteiger partial charge in [0.15, 0.2) is 11.5 Å². The van der Waals surface area contributed by atoms with Crippen LogP contribution in [0.4, 0.5) is 13.2 Å². The SMILES string of the molecule is COc1ccc(CN2CCc3nc(C(F)(F)F)ncc3C2)c(Cl)c1O. The lowest BCUT2D eigenvalue weighted by atomic mass is 10.1. The molecule has 0 spiro atoms. The quantitative estimate of drug-likeness (QED) is 0.893. The fourth-order valence-corrected chi connectivity index (χ4v) is 2.98. The van der Waals surface area contributed by atoms with Gasteiger partial charge in [0.2, 0.25) is 5.82 Å². The topological polar surface area (TPSA) is 58.5 Å². The highest BCUT2D eigenvalue weighted by molar-refractivity contribution is 6.33. The third kappa shape index (κ3) is 3.64. The normalized spacial score (nSPS) is 15.1. The maximum Gasteiger partial charge on any atom is 0.451 e. The average Bonchev–Trinajstić information content (AvgIpc) is 2.58. The van der Waals surface area contributed by atoms with Crippen LogP contribution in [0.25, 0.3) is 0 Å². The highest BCUT2D eigenvalue weighted by Gasteiger charge is 2.35. The molecular formula is C16H15ClF3N3O2. The molecule has 0 unspecified atom stereocenters. The number of phenolic OH excluding ortho intramolecular Hbond substituents is 1. The number of fused-ring (bicyclic) bond motifs is 1. The molecule has 3 rings (SSSR count). The number of rotatable bonds is 3. The second kappa shape index (κ2) is 6.68. The fraction of sp³-hybridized carbons (Fsp3) is 0.375. The zero-order valence-corrected chi connectivity index (χ0v) is 14.0. The van der Waals surface area contributed by atoms with E-state index in [1.807, 2.05) is 4.90 Å². The maximum absolute atomic E-state index is 12.7. The number of halogens is 4. The van der Waals surface area contributed by atoms with Crippen LogP contribution in [0.15, 0.2) is 18.3 Å². The Balaban J connectivity index is 1.77. The van der Waals surface area contributed by atoms with E-state index in [9.17, 15) is 18.3 Å². The minimum atomic E-state index is -4.54. The second-order valence-corrected chi connectivity index (χ2v) is 6.09. The molecule has 2 aromatic rings. The summed E-state index contributed by atoms with van der Waals surface area (Å²) in [5.74, 6) is -0.953. The zero-order valence-electron chi connectivity index (χ0n) is 13.3. The summed E-state index contributed by atoms with van der Waals surface area (Å²) in [6.45, 7) is 1.39. The summed E-state index contributed by atoms with van der Waals surface area (Å²) in [6, 6.07) is 3.37. The van der Waals surface area contributed by atoms with Crippen LogP contribution in [0.5, 0.6) is 11.5 Å². The van der Waals surface area contributed by atoms with Crippen molar-refractivity contribution in [3.05, 3.63) is 46.0 Å². The van der Waals surface area contributed by atoms with Gasteiger partial charge in [0.1, 0.15) is 0 Å². The van der Waals surface area contributed by atoms with E-state index >= 15 is 0 Å². The summed E-state index contributed by atoms with van der Waals surface area (Å²) in [7, 11) is 1.43. The molecular weight excluding hydrogens is 359 g/mol. The highest BCUT2D eigenvalue weighted by Crippen LogP contribution is 2.37. The van der Waals surface area contributed by atoms with Crippen LogP contribution in [0.3, 0.4) is 0 Å². The van der Waals surface area contributed by atoms with Crippen LogP contribution < -0.4 is 4.74 Å². The predicted molar refractivity (Wildman–Crippen MR) is 84.5 cm³/mol. The molecule has 0 fully saturated rings. The smallest absolute Gasteiger partial charge is 0.451 e. The van der Waals surface area contributed by atoms with Crippen molar-refractivity contribution >= 4 is 11.6 Å². The molecule has 0 aliphatic carbocycles. The first-order valence-electron chi connectivity index (χ1n) is 7.48. The molecule has 134 valence electrons. The molecule has 5 nitrogen and oxygen atoms in total. The molecule has 0 saturated heterocycles. The number of aromatic nitrogens is 2. The van der Waals surface area contributed by atoms with Crippen LogP contribution in [0.1, 0.15) is 22.6 Å². The molecule has 0 bridgehead atoms. The Morgan fingerprint density at radius 3 is 2.80 bits per heavy atom. The van der Waals surface area contributed by atoms with E-state index in [1.165, 1.54) is 13.3 Å². The number of hydrogen-bond donors (Lipinski definition) is 1. The van der Waals surface area contributed by atoms with Gasteiger partial charge in [-0.1, -0.05) is 17.7 Å². The standard InChI is InChI=1S/C16H15ClF3N3O2/c1-25-12-3-2-9(13(17)14(12)24)7-23-5-4-11-10(8-23)6-21-15(22-11)16(18,19)20/h2-3,6,24H,4-5,7-8H2,1H3. The summed E-state index contributed by atoms with van der Waals surface area (Å²) in [5, 5.41) is 10.2. The van der Waals surface area contributed by atoms with E-state index < -0.39 is 12.0 Å². The Labute approximate surface area is 147 Å². The van der Waals surface area contributed by atoms with Crippen molar-refractivity contribution in [2.75, 3.05) is 13.7 Å². The first-order chi connectivity index (χ1) is 11.8. The third-order valence-corrected chi connectivity index (χ3v) is 4.46. The van der Waals surface area contributed by atoms with Gasteiger partial charge in [-0.25, -0.2) is 9.97 Å². The van der Waals surface area contributed by atoms with Gasteiger partial charge in [-0.15, -0.1) is 0 Å². The van der Waals surface area contributed by atoms with E-state index in [-0.39, 0.29) is 16.5 Å². The van der Waals surface area contributed by atoms with Gasteiger partial charge in [-0.05, 0) is 11.6 Å². The van der Waals surface area contributed by atoms with Crippen molar-refractivity contribution in [2.24, 2.45) is 0 Å². The van der Waals surface area contributed by atoms with E-state index in [4.69, 9.17) is 16.3 Å². The van der Waals surface area contributed by atoms with E-state index in [0.29, 0.717) is 42.9 Å².